The van der Waals surface area contributed by atoms with E-state index in [0.717, 1.165) is 11.1 Å². The molecule has 0 unspecified atom stereocenters. The number of carbonyl (C=O) groups is 1. The van der Waals surface area contributed by atoms with Gasteiger partial charge in [0.15, 0.2) is 11.5 Å². The number of aryl methyl sites for hydroxylation is 1. The maximum atomic E-state index is 12.2. The highest BCUT2D eigenvalue weighted by atomic mass is 32.2. The number of aromatic nitrogens is 2. The van der Waals surface area contributed by atoms with Crippen LogP contribution in [-0.2, 0) is 4.79 Å². The molecule has 0 bridgehead atoms. The first-order chi connectivity index (χ1) is 13.1. The van der Waals surface area contributed by atoms with E-state index >= 15 is 0 Å². The van der Waals surface area contributed by atoms with Crippen LogP contribution in [0.25, 0.3) is 11.5 Å². The van der Waals surface area contributed by atoms with Crippen LogP contribution in [0.1, 0.15) is 5.56 Å². The van der Waals surface area contributed by atoms with Crippen LogP contribution in [-0.4, -0.2) is 36.1 Å². The summed E-state index contributed by atoms with van der Waals surface area (Å²) in [5, 5.41) is 11.1. The number of carbonyl (C=O) groups excluding carboxylic acids is 1. The first-order valence-electron chi connectivity index (χ1n) is 8.14. The van der Waals surface area contributed by atoms with Crippen molar-refractivity contribution in [1.29, 1.82) is 0 Å². The quantitative estimate of drug-likeness (QED) is 0.619. The molecule has 0 saturated heterocycles. The minimum atomic E-state index is -0.192. The largest absolute Gasteiger partial charge is 0.493 e. The number of anilines is 1. The average molecular weight is 385 g/mol. The van der Waals surface area contributed by atoms with Gasteiger partial charge in [0.1, 0.15) is 0 Å². The van der Waals surface area contributed by atoms with Gasteiger partial charge in [0.05, 0.1) is 20.0 Å². The molecule has 27 heavy (non-hydrogen) atoms. The van der Waals surface area contributed by atoms with Crippen LogP contribution in [0.5, 0.6) is 11.5 Å². The van der Waals surface area contributed by atoms with Crippen LogP contribution in [0.3, 0.4) is 0 Å². The van der Waals surface area contributed by atoms with E-state index in [2.05, 4.69) is 15.5 Å². The van der Waals surface area contributed by atoms with Gasteiger partial charge in [-0.15, -0.1) is 10.2 Å². The van der Waals surface area contributed by atoms with E-state index in [1.165, 1.54) is 11.8 Å². The lowest BCUT2D eigenvalue weighted by atomic mass is 10.1. The van der Waals surface area contributed by atoms with Crippen molar-refractivity contribution < 1.29 is 18.7 Å². The van der Waals surface area contributed by atoms with Gasteiger partial charge in [0.25, 0.3) is 5.22 Å². The van der Waals surface area contributed by atoms with Crippen molar-refractivity contribution in [2.24, 2.45) is 0 Å². The van der Waals surface area contributed by atoms with E-state index in [4.69, 9.17) is 13.9 Å². The van der Waals surface area contributed by atoms with Gasteiger partial charge in [-0.3, -0.25) is 4.79 Å². The SMILES string of the molecule is COc1ccc(NC(=O)CSc2nnc(-c3ccc(C)cc3)o2)cc1OC. The summed E-state index contributed by atoms with van der Waals surface area (Å²) in [6.45, 7) is 2.01. The summed E-state index contributed by atoms with van der Waals surface area (Å²) in [6, 6.07) is 13.0. The number of nitrogens with one attached hydrogen (secondary N) is 1. The topological polar surface area (TPSA) is 86.5 Å². The minimum absolute atomic E-state index is 0.143. The van der Waals surface area contributed by atoms with Gasteiger partial charge in [0, 0.05) is 17.3 Å². The Hall–Kier alpha value is -3.00. The lowest BCUT2D eigenvalue weighted by Crippen LogP contribution is -2.14. The van der Waals surface area contributed by atoms with Crippen LogP contribution in [0.2, 0.25) is 0 Å². The van der Waals surface area contributed by atoms with Crippen LogP contribution < -0.4 is 14.8 Å². The Kier molecular flexibility index (Phi) is 5.97. The molecule has 0 aliphatic heterocycles. The molecule has 0 aliphatic rings. The third-order valence-corrected chi connectivity index (χ3v) is 4.52. The molecule has 3 aromatic rings. The molecule has 0 spiro atoms. The van der Waals surface area contributed by atoms with Crippen molar-refractivity contribution in [3.05, 3.63) is 48.0 Å². The zero-order valence-corrected chi connectivity index (χ0v) is 16.0. The molecule has 0 radical (unpaired) electrons. The van der Waals surface area contributed by atoms with E-state index in [-0.39, 0.29) is 11.7 Å². The van der Waals surface area contributed by atoms with Crippen molar-refractivity contribution in [2.45, 2.75) is 12.1 Å². The van der Waals surface area contributed by atoms with E-state index in [9.17, 15) is 4.79 Å². The van der Waals surface area contributed by atoms with Crippen LogP contribution >= 0.6 is 11.8 Å². The van der Waals surface area contributed by atoms with Crippen LogP contribution in [0, 0.1) is 6.92 Å². The Balaban J connectivity index is 1.57. The molecule has 1 amide bonds. The second-order valence-corrected chi connectivity index (χ2v) is 6.57. The molecule has 1 heterocycles. The average Bonchev–Trinajstić information content (AvgIpc) is 3.16. The number of ether oxygens (including phenoxy) is 2. The number of benzene rings is 2. The first kappa shape index (κ1) is 18.8. The maximum Gasteiger partial charge on any atom is 0.277 e. The Morgan fingerprint density at radius 2 is 1.81 bits per heavy atom. The molecule has 7 nitrogen and oxygen atoms in total. The second kappa shape index (κ2) is 8.59. The lowest BCUT2D eigenvalue weighted by Gasteiger charge is -2.10. The number of hydrogen-bond acceptors (Lipinski definition) is 7. The van der Waals surface area contributed by atoms with Crippen molar-refractivity contribution in [2.75, 3.05) is 25.3 Å². The summed E-state index contributed by atoms with van der Waals surface area (Å²) in [5.74, 6) is 1.52. The van der Waals surface area contributed by atoms with E-state index in [1.807, 2.05) is 31.2 Å². The number of hydrogen-bond donors (Lipinski definition) is 1. The minimum Gasteiger partial charge on any atom is -0.493 e. The monoisotopic (exact) mass is 385 g/mol. The predicted molar refractivity (Wildman–Crippen MR) is 103 cm³/mol. The van der Waals surface area contributed by atoms with Gasteiger partial charge >= 0.3 is 0 Å². The molecule has 0 atom stereocenters. The molecule has 3 rings (SSSR count). The molecule has 0 aliphatic carbocycles. The fourth-order valence-electron chi connectivity index (χ4n) is 2.32. The van der Waals surface area contributed by atoms with Gasteiger partial charge in [-0.25, -0.2) is 0 Å². The van der Waals surface area contributed by atoms with E-state index < -0.39 is 0 Å². The third-order valence-electron chi connectivity index (χ3n) is 3.70. The fraction of sp³-hybridized carbons (Fsp3) is 0.211. The molecular formula is C19H19N3O4S. The number of rotatable bonds is 7. The van der Waals surface area contributed by atoms with Crippen molar-refractivity contribution in [1.82, 2.24) is 10.2 Å². The van der Waals surface area contributed by atoms with Crippen LogP contribution in [0.4, 0.5) is 5.69 Å². The Labute approximate surface area is 161 Å². The lowest BCUT2D eigenvalue weighted by molar-refractivity contribution is -0.113. The van der Waals surface area contributed by atoms with Crippen molar-refractivity contribution in [3.63, 3.8) is 0 Å². The molecule has 140 valence electrons. The Morgan fingerprint density at radius 3 is 2.52 bits per heavy atom. The molecule has 0 fully saturated rings. The zero-order valence-electron chi connectivity index (χ0n) is 15.2. The summed E-state index contributed by atoms with van der Waals surface area (Å²) < 4.78 is 16.0. The number of amides is 1. The normalized spacial score (nSPS) is 10.5. The number of methoxy groups -OCH3 is 2. The third kappa shape index (κ3) is 4.79. The van der Waals surface area contributed by atoms with Gasteiger partial charge in [-0.05, 0) is 31.2 Å². The molecule has 8 heteroatoms. The molecule has 1 aromatic heterocycles. The number of thioether (sulfide) groups is 1. The molecule has 2 aromatic carbocycles. The van der Waals surface area contributed by atoms with Crippen molar-refractivity contribution in [3.8, 4) is 23.0 Å². The Morgan fingerprint density at radius 1 is 1.07 bits per heavy atom. The van der Waals surface area contributed by atoms with Crippen molar-refractivity contribution >= 4 is 23.4 Å². The molecule has 1 N–H and O–H groups in total. The standard InChI is InChI=1S/C19H19N3O4S/c1-12-4-6-13(7-5-12)18-21-22-19(26-18)27-11-17(23)20-14-8-9-15(24-2)16(10-14)25-3/h4-10H,11H2,1-3H3,(H,20,23). The molecular weight excluding hydrogens is 366 g/mol. The number of nitrogens with zero attached hydrogens (tertiary/aromatic N) is 2. The summed E-state index contributed by atoms with van der Waals surface area (Å²) in [5.41, 5.74) is 2.61. The fourth-order valence-corrected chi connectivity index (χ4v) is 2.88. The highest BCUT2D eigenvalue weighted by Gasteiger charge is 2.12. The summed E-state index contributed by atoms with van der Waals surface area (Å²) in [6.07, 6.45) is 0. The maximum absolute atomic E-state index is 12.2. The summed E-state index contributed by atoms with van der Waals surface area (Å²) in [4.78, 5) is 12.2. The van der Waals surface area contributed by atoms with E-state index in [0.29, 0.717) is 28.3 Å². The highest BCUT2D eigenvalue weighted by molar-refractivity contribution is 7.99. The zero-order chi connectivity index (χ0) is 19.2. The van der Waals surface area contributed by atoms with Crippen LogP contribution in [0.15, 0.2) is 52.1 Å². The second-order valence-electron chi connectivity index (χ2n) is 5.65. The smallest absolute Gasteiger partial charge is 0.277 e. The van der Waals surface area contributed by atoms with E-state index in [1.54, 1.807) is 32.4 Å². The Bertz CT molecular complexity index is 925. The van der Waals surface area contributed by atoms with Gasteiger partial charge in [0.2, 0.25) is 11.8 Å². The van der Waals surface area contributed by atoms with Gasteiger partial charge in [-0.2, -0.15) is 0 Å². The van der Waals surface area contributed by atoms with Gasteiger partial charge in [-0.1, -0.05) is 29.5 Å². The highest BCUT2D eigenvalue weighted by Crippen LogP contribution is 2.30. The molecule has 0 saturated carbocycles. The first-order valence-corrected chi connectivity index (χ1v) is 9.13. The summed E-state index contributed by atoms with van der Waals surface area (Å²) in [7, 11) is 3.10. The predicted octanol–water partition coefficient (Wildman–Crippen LogP) is 3.79. The summed E-state index contributed by atoms with van der Waals surface area (Å²) >= 11 is 1.18. The van der Waals surface area contributed by atoms with Gasteiger partial charge < -0.3 is 19.2 Å².